The van der Waals surface area contributed by atoms with E-state index in [9.17, 15) is 0 Å². The number of rotatable bonds is 3. The number of nitrogen functional groups attached to an aromatic ring is 1. The van der Waals surface area contributed by atoms with Gasteiger partial charge in [0.25, 0.3) is 0 Å². The zero-order chi connectivity index (χ0) is 13.2. The number of hydrogen-bond acceptors (Lipinski definition) is 4. The molecule has 4 heteroatoms. The Morgan fingerprint density at radius 2 is 1.89 bits per heavy atom. The van der Waals surface area contributed by atoms with Crippen molar-refractivity contribution in [3.05, 3.63) is 30.0 Å². The fourth-order valence-electron chi connectivity index (χ4n) is 2.47. The van der Waals surface area contributed by atoms with Crippen LogP contribution in [0.5, 0.6) is 5.75 Å². The zero-order valence-electron chi connectivity index (χ0n) is 11.1. The van der Waals surface area contributed by atoms with Crippen LogP contribution in [0.2, 0.25) is 0 Å². The van der Waals surface area contributed by atoms with Crippen LogP contribution in [-0.4, -0.2) is 11.3 Å². The monoisotopic (exact) mass is 258 g/mol. The summed E-state index contributed by atoms with van der Waals surface area (Å²) in [4.78, 5) is 0. The molecule has 1 fully saturated rings. The van der Waals surface area contributed by atoms with Crippen molar-refractivity contribution in [3.8, 4) is 17.1 Å². The molecule has 1 aromatic heterocycles. The van der Waals surface area contributed by atoms with E-state index < -0.39 is 0 Å². The van der Waals surface area contributed by atoms with Crippen LogP contribution < -0.4 is 10.5 Å². The maximum atomic E-state index is 5.92. The summed E-state index contributed by atoms with van der Waals surface area (Å²) in [6.07, 6.45) is 5.25. The summed E-state index contributed by atoms with van der Waals surface area (Å²) in [5, 5.41) is 3.87. The summed E-state index contributed by atoms with van der Waals surface area (Å²) < 4.78 is 11.2. The van der Waals surface area contributed by atoms with E-state index >= 15 is 0 Å². The number of aromatic nitrogens is 1. The highest BCUT2D eigenvalue weighted by Crippen LogP contribution is 2.30. The van der Waals surface area contributed by atoms with Gasteiger partial charge in [-0.15, -0.1) is 0 Å². The Bertz CT molecular complexity index is 554. The van der Waals surface area contributed by atoms with Gasteiger partial charge in [-0.05, 0) is 56.9 Å². The topological polar surface area (TPSA) is 61.3 Å². The Morgan fingerprint density at radius 1 is 1.21 bits per heavy atom. The first-order valence-corrected chi connectivity index (χ1v) is 6.73. The number of nitrogens with two attached hydrogens (primary N) is 1. The minimum absolute atomic E-state index is 0.378. The van der Waals surface area contributed by atoms with Crippen molar-refractivity contribution in [1.29, 1.82) is 0 Å². The minimum atomic E-state index is 0.378. The smallest absolute Gasteiger partial charge is 0.189 e. The van der Waals surface area contributed by atoms with E-state index in [1.807, 2.05) is 31.2 Å². The number of nitrogens with zero attached hydrogens (tertiary/aromatic N) is 1. The predicted octanol–water partition coefficient (Wildman–Crippen LogP) is 3.55. The van der Waals surface area contributed by atoms with E-state index in [1.54, 1.807) is 0 Å². The van der Waals surface area contributed by atoms with Gasteiger partial charge in [0.1, 0.15) is 17.1 Å². The van der Waals surface area contributed by atoms with Crippen molar-refractivity contribution in [2.45, 2.75) is 38.7 Å². The van der Waals surface area contributed by atoms with Crippen LogP contribution in [0.15, 0.2) is 28.8 Å². The van der Waals surface area contributed by atoms with Gasteiger partial charge in [-0.1, -0.05) is 5.16 Å². The van der Waals surface area contributed by atoms with E-state index in [-0.39, 0.29) is 0 Å². The van der Waals surface area contributed by atoms with Crippen LogP contribution >= 0.6 is 0 Å². The fraction of sp³-hybridized carbons (Fsp3) is 0.400. The second kappa shape index (κ2) is 4.96. The summed E-state index contributed by atoms with van der Waals surface area (Å²) in [7, 11) is 0. The molecule has 2 aromatic rings. The van der Waals surface area contributed by atoms with Crippen molar-refractivity contribution in [1.82, 2.24) is 5.16 Å². The first-order chi connectivity index (χ1) is 9.24. The first-order valence-electron chi connectivity index (χ1n) is 6.73. The van der Waals surface area contributed by atoms with E-state index in [1.165, 1.54) is 12.8 Å². The van der Waals surface area contributed by atoms with Crippen molar-refractivity contribution in [3.63, 3.8) is 0 Å². The van der Waals surface area contributed by atoms with Gasteiger partial charge in [0.05, 0.1) is 6.10 Å². The molecule has 0 radical (unpaired) electrons. The molecule has 0 amide bonds. The molecule has 0 bridgehead atoms. The molecular weight excluding hydrogens is 240 g/mol. The van der Waals surface area contributed by atoms with E-state index in [4.69, 9.17) is 15.0 Å². The van der Waals surface area contributed by atoms with Crippen molar-refractivity contribution in [2.24, 2.45) is 0 Å². The Labute approximate surface area is 112 Å². The average molecular weight is 258 g/mol. The molecule has 1 aliphatic rings. The standard InChI is InChI=1S/C15H18N2O2/c1-10-14(16)15(19-17-10)11-6-8-13(9-7-11)18-12-4-2-3-5-12/h6-9,12H,2-5,16H2,1H3. The van der Waals surface area contributed by atoms with Crippen LogP contribution in [0.25, 0.3) is 11.3 Å². The molecule has 1 aromatic carbocycles. The van der Waals surface area contributed by atoms with Gasteiger partial charge in [0, 0.05) is 5.56 Å². The van der Waals surface area contributed by atoms with E-state index in [0.717, 1.165) is 29.8 Å². The molecule has 3 rings (SSSR count). The second-order valence-electron chi connectivity index (χ2n) is 5.06. The van der Waals surface area contributed by atoms with E-state index in [2.05, 4.69) is 5.16 Å². The van der Waals surface area contributed by atoms with Crippen LogP contribution in [0, 0.1) is 6.92 Å². The highest BCUT2D eigenvalue weighted by atomic mass is 16.5. The third-order valence-corrected chi connectivity index (χ3v) is 3.63. The van der Waals surface area contributed by atoms with Crippen LogP contribution in [-0.2, 0) is 0 Å². The molecule has 0 spiro atoms. The number of aryl methyl sites for hydroxylation is 1. The normalized spacial score (nSPS) is 15.8. The number of hydrogen-bond donors (Lipinski definition) is 1. The van der Waals surface area contributed by atoms with Gasteiger partial charge < -0.3 is 15.0 Å². The lowest BCUT2D eigenvalue weighted by Gasteiger charge is -2.12. The van der Waals surface area contributed by atoms with Gasteiger partial charge in [-0.25, -0.2) is 0 Å². The molecule has 0 saturated heterocycles. The third kappa shape index (κ3) is 2.43. The van der Waals surface area contributed by atoms with Crippen LogP contribution in [0.3, 0.4) is 0 Å². The molecule has 4 nitrogen and oxygen atoms in total. The van der Waals surface area contributed by atoms with Gasteiger partial charge in [-0.3, -0.25) is 0 Å². The van der Waals surface area contributed by atoms with Gasteiger partial charge in [0.2, 0.25) is 0 Å². The average Bonchev–Trinajstić information content (AvgIpc) is 3.03. The Balaban J connectivity index is 1.76. The Morgan fingerprint density at radius 3 is 2.47 bits per heavy atom. The molecule has 19 heavy (non-hydrogen) atoms. The van der Waals surface area contributed by atoms with Gasteiger partial charge in [-0.2, -0.15) is 0 Å². The summed E-state index contributed by atoms with van der Waals surface area (Å²) in [5.41, 5.74) is 8.17. The maximum Gasteiger partial charge on any atom is 0.189 e. The lowest BCUT2D eigenvalue weighted by molar-refractivity contribution is 0.210. The van der Waals surface area contributed by atoms with Gasteiger partial charge in [0.15, 0.2) is 5.76 Å². The highest BCUT2D eigenvalue weighted by Gasteiger charge is 2.17. The molecular formula is C15H18N2O2. The second-order valence-corrected chi connectivity index (χ2v) is 5.06. The predicted molar refractivity (Wildman–Crippen MR) is 74.0 cm³/mol. The fourth-order valence-corrected chi connectivity index (χ4v) is 2.47. The molecule has 0 aliphatic heterocycles. The molecule has 2 N–H and O–H groups in total. The van der Waals surface area contributed by atoms with Crippen molar-refractivity contribution in [2.75, 3.05) is 5.73 Å². The third-order valence-electron chi connectivity index (χ3n) is 3.63. The van der Waals surface area contributed by atoms with Crippen LogP contribution in [0.1, 0.15) is 31.4 Å². The summed E-state index contributed by atoms with van der Waals surface area (Å²) >= 11 is 0. The molecule has 1 aliphatic carbocycles. The maximum absolute atomic E-state index is 5.92. The summed E-state index contributed by atoms with van der Waals surface area (Å²) in [5.74, 6) is 1.54. The lowest BCUT2D eigenvalue weighted by atomic mass is 10.1. The summed E-state index contributed by atoms with van der Waals surface area (Å²) in [6.45, 7) is 1.83. The van der Waals surface area contributed by atoms with Gasteiger partial charge >= 0.3 is 0 Å². The lowest BCUT2D eigenvalue weighted by Crippen LogP contribution is -2.10. The van der Waals surface area contributed by atoms with Crippen LogP contribution in [0.4, 0.5) is 5.69 Å². The minimum Gasteiger partial charge on any atom is -0.490 e. The molecule has 1 heterocycles. The van der Waals surface area contributed by atoms with Crippen molar-refractivity contribution >= 4 is 5.69 Å². The number of anilines is 1. The zero-order valence-corrected chi connectivity index (χ0v) is 11.1. The quantitative estimate of drug-likeness (QED) is 0.914. The molecule has 1 saturated carbocycles. The number of ether oxygens (including phenoxy) is 1. The molecule has 0 unspecified atom stereocenters. The SMILES string of the molecule is Cc1noc(-c2ccc(OC3CCCC3)cc2)c1N. The molecule has 0 atom stereocenters. The largest absolute Gasteiger partial charge is 0.490 e. The summed E-state index contributed by atoms with van der Waals surface area (Å²) in [6, 6.07) is 7.84. The van der Waals surface area contributed by atoms with E-state index in [0.29, 0.717) is 17.6 Å². The Kier molecular flexibility index (Phi) is 3.15. The first kappa shape index (κ1) is 12.1. The molecule has 100 valence electrons. The Hall–Kier alpha value is -1.97. The number of benzene rings is 1. The van der Waals surface area contributed by atoms with Crippen molar-refractivity contribution < 1.29 is 9.26 Å². The highest BCUT2D eigenvalue weighted by molar-refractivity contribution is 5.72.